The third kappa shape index (κ3) is 9.99. The van der Waals surface area contributed by atoms with E-state index in [4.69, 9.17) is 9.47 Å². The molecule has 0 unspecified atom stereocenters. The maximum Gasteiger partial charge on any atom is 0.255 e. The van der Waals surface area contributed by atoms with Crippen LogP contribution in [-0.2, 0) is 34.0 Å². The van der Waals surface area contributed by atoms with Gasteiger partial charge in [-0.1, -0.05) is 60.7 Å². The summed E-state index contributed by atoms with van der Waals surface area (Å²) in [5.74, 6) is -0.939. The Balaban J connectivity index is 0.825. The summed E-state index contributed by atoms with van der Waals surface area (Å²) in [6.45, 7) is 4.54. The van der Waals surface area contributed by atoms with Gasteiger partial charge in [-0.3, -0.25) is 24.0 Å². The Morgan fingerprint density at radius 3 is 1.96 bits per heavy atom. The number of aliphatic hydroxyl groups excluding tert-OH is 1. The largest absolute Gasteiger partial charge is 0.497 e. The topological polar surface area (TPSA) is 184 Å². The maximum absolute atomic E-state index is 14.8. The maximum atomic E-state index is 14.8. The van der Waals surface area contributed by atoms with E-state index in [2.05, 4.69) is 20.6 Å². The van der Waals surface area contributed by atoms with Gasteiger partial charge in [0.25, 0.3) is 17.7 Å². The van der Waals surface area contributed by atoms with E-state index in [9.17, 15) is 29.1 Å². The monoisotopic (exact) mass is 1020 g/mol. The van der Waals surface area contributed by atoms with Gasteiger partial charge in [0, 0.05) is 55.0 Å². The van der Waals surface area contributed by atoms with Gasteiger partial charge in [-0.15, -0.1) is 34.0 Å². The Morgan fingerprint density at radius 2 is 1.38 bits per heavy atom. The van der Waals surface area contributed by atoms with Crippen LogP contribution in [0.5, 0.6) is 11.5 Å². The second-order valence-electron chi connectivity index (χ2n) is 18.1. The molecule has 4 aromatic carbocycles. The van der Waals surface area contributed by atoms with Gasteiger partial charge in [0.1, 0.15) is 35.7 Å². The summed E-state index contributed by atoms with van der Waals surface area (Å²) in [6.07, 6.45) is -1.25. The minimum Gasteiger partial charge on any atom is -0.497 e. The zero-order valence-electron chi connectivity index (χ0n) is 39.6. The fraction of sp³-hybridized carbons (Fsp3) is 0.278. The van der Waals surface area contributed by atoms with Crippen LogP contribution in [0.1, 0.15) is 72.6 Å². The van der Waals surface area contributed by atoms with Crippen LogP contribution >= 0.6 is 34.0 Å². The number of carbonyl (C=O) groups is 5. The number of hydrogen-bond acceptors (Lipinski definition) is 13. The van der Waals surface area contributed by atoms with E-state index < -0.39 is 42.1 Å². The Bertz CT molecular complexity index is 3140. The molecule has 5 amide bonds. The van der Waals surface area contributed by atoms with Crippen LogP contribution in [0.4, 0.5) is 0 Å². The summed E-state index contributed by atoms with van der Waals surface area (Å²) >= 11 is 4.47. The number of rotatable bonds is 15. The lowest BCUT2D eigenvalue weighted by atomic mass is 10.1. The van der Waals surface area contributed by atoms with E-state index in [0.717, 1.165) is 43.4 Å². The smallest absolute Gasteiger partial charge is 0.255 e. The Kier molecular flexibility index (Phi) is 14.0. The van der Waals surface area contributed by atoms with Crippen LogP contribution in [0.2, 0.25) is 0 Å². The van der Waals surface area contributed by atoms with Crippen LogP contribution in [-0.4, -0.2) is 104 Å². The van der Waals surface area contributed by atoms with E-state index in [0.29, 0.717) is 33.1 Å². The Morgan fingerprint density at radius 1 is 0.736 bits per heavy atom. The van der Waals surface area contributed by atoms with Gasteiger partial charge >= 0.3 is 0 Å². The summed E-state index contributed by atoms with van der Waals surface area (Å²) in [6, 6.07) is 28.5. The molecule has 0 aliphatic carbocycles. The molecule has 6 heterocycles. The fourth-order valence-corrected chi connectivity index (χ4v) is 12.2. The molecule has 5 atom stereocenters. The van der Waals surface area contributed by atoms with E-state index in [1.807, 2.05) is 84.8 Å². The minimum absolute atomic E-state index is 0.0571. The molecule has 2 fully saturated rings. The number of aryl methyl sites for hydroxylation is 2. The fourth-order valence-electron chi connectivity index (χ4n) is 9.71. The van der Waals surface area contributed by atoms with Crippen LogP contribution in [0.25, 0.3) is 20.9 Å². The molecule has 0 bridgehead atoms. The number of aliphatic hydroxyl groups is 1. The molecule has 2 saturated heterocycles. The van der Waals surface area contributed by atoms with Gasteiger partial charge < -0.3 is 39.9 Å². The van der Waals surface area contributed by atoms with Gasteiger partial charge in [-0.05, 0) is 89.5 Å². The van der Waals surface area contributed by atoms with Crippen molar-refractivity contribution >= 4 is 63.5 Å². The highest BCUT2D eigenvalue weighted by molar-refractivity contribution is 7.13. The molecular formula is C54H51N7O8S3. The molecule has 10 rings (SSSR count). The lowest BCUT2D eigenvalue weighted by Gasteiger charge is -2.32. The molecule has 0 radical (unpaired) electrons. The van der Waals surface area contributed by atoms with Gasteiger partial charge in [0.2, 0.25) is 11.8 Å². The van der Waals surface area contributed by atoms with E-state index in [-0.39, 0.29) is 63.3 Å². The molecule has 15 nitrogen and oxygen atoms in total. The summed E-state index contributed by atoms with van der Waals surface area (Å²) in [5.41, 5.74) is 10.8. The zero-order valence-corrected chi connectivity index (χ0v) is 42.1. The molecule has 3 N–H and O–H groups in total. The molecule has 72 heavy (non-hydrogen) atoms. The number of fused-ring (bicyclic) bond motifs is 1. The number of ether oxygens (including phenoxy) is 2. The second kappa shape index (κ2) is 20.8. The van der Waals surface area contributed by atoms with Crippen molar-refractivity contribution in [1.82, 2.24) is 35.3 Å². The highest BCUT2D eigenvalue weighted by Gasteiger charge is 2.46. The predicted molar refractivity (Wildman–Crippen MR) is 275 cm³/mol. The first-order chi connectivity index (χ1) is 34.9. The van der Waals surface area contributed by atoms with E-state index >= 15 is 0 Å². The SMILES string of the molecule is COc1cccc(C(=O)N2C[C@H](Oc3ccc4c(c3)CN([C@H](C(=O)N3C[C@H](O)C[C@H]3C(=O)NCc3ccc(-c5scnc5C)cc3)c3cccs3)C4=O)C[C@H]2C(=O)NCc2ccc(-c3scnc3C)cc2)c1. The molecule has 3 aliphatic rings. The highest BCUT2D eigenvalue weighted by atomic mass is 32.1. The standard InChI is InChI=1S/C54H51N7O8S3/c1-31-48(71-29-57-31)35-13-9-33(10-14-35)24-55-50(63)44-22-39(62)27-59(44)54(67)47(46-8-5-19-70-46)61-26-38-21-41(17-18-43(38)53(61)66)69-42-23-45(60(28-42)52(65)37-6-4-7-40(20-37)68-3)51(64)56-25-34-11-15-36(16-12-34)49-32(2)58-30-72-49/h4-21,29-30,39,42,44-45,47,62H,22-28H2,1-3H3,(H,55,63)(H,56,64)/t39-,42-,44+,45+,47+/m1/s1. The molecule has 0 saturated carbocycles. The summed E-state index contributed by atoms with van der Waals surface area (Å²) < 4.78 is 11.9. The van der Waals surface area contributed by atoms with Crippen LogP contribution < -0.4 is 20.1 Å². The van der Waals surface area contributed by atoms with Crippen molar-refractivity contribution in [3.05, 3.63) is 164 Å². The van der Waals surface area contributed by atoms with Crippen molar-refractivity contribution < 1.29 is 38.6 Å². The average molecular weight is 1020 g/mol. The van der Waals surface area contributed by atoms with Crippen molar-refractivity contribution in [2.24, 2.45) is 0 Å². The predicted octanol–water partition coefficient (Wildman–Crippen LogP) is 7.57. The van der Waals surface area contributed by atoms with Crippen molar-refractivity contribution in [3.8, 4) is 32.4 Å². The number of aromatic nitrogens is 2. The van der Waals surface area contributed by atoms with E-state index in [1.54, 1.807) is 71.2 Å². The zero-order chi connectivity index (χ0) is 50.0. The van der Waals surface area contributed by atoms with Gasteiger partial charge in [-0.25, -0.2) is 9.97 Å². The van der Waals surface area contributed by atoms with Crippen molar-refractivity contribution in [2.75, 3.05) is 20.2 Å². The number of amides is 5. The van der Waals surface area contributed by atoms with Gasteiger partial charge in [0.15, 0.2) is 0 Å². The molecule has 3 aromatic heterocycles. The Labute approximate surface area is 428 Å². The summed E-state index contributed by atoms with van der Waals surface area (Å²) in [7, 11) is 1.53. The highest BCUT2D eigenvalue weighted by Crippen LogP contribution is 2.38. The van der Waals surface area contributed by atoms with Crippen LogP contribution in [0, 0.1) is 13.8 Å². The first-order valence-corrected chi connectivity index (χ1v) is 26.2. The number of methoxy groups -OCH3 is 1. The normalized spacial score (nSPS) is 18.8. The number of nitrogens with zero attached hydrogens (tertiary/aromatic N) is 5. The number of likely N-dealkylation sites (tertiary alicyclic amines) is 2. The number of benzene rings is 4. The Hall–Kier alpha value is -7.25. The number of thiophene rings is 1. The molecule has 7 aromatic rings. The second-order valence-corrected chi connectivity index (χ2v) is 20.8. The minimum atomic E-state index is -1.07. The van der Waals surface area contributed by atoms with Crippen molar-refractivity contribution in [1.29, 1.82) is 0 Å². The summed E-state index contributed by atoms with van der Waals surface area (Å²) in [5, 5.41) is 18.7. The number of carbonyl (C=O) groups excluding carboxylic acids is 5. The van der Waals surface area contributed by atoms with Gasteiger partial charge in [-0.2, -0.15) is 0 Å². The van der Waals surface area contributed by atoms with E-state index in [1.165, 1.54) is 33.1 Å². The third-order valence-corrected chi connectivity index (χ3v) is 16.3. The molecular weight excluding hydrogens is 971 g/mol. The van der Waals surface area contributed by atoms with Crippen molar-refractivity contribution in [3.63, 3.8) is 0 Å². The number of nitrogens with one attached hydrogen (secondary N) is 2. The summed E-state index contributed by atoms with van der Waals surface area (Å²) in [4.78, 5) is 87.0. The lowest BCUT2D eigenvalue weighted by Crippen LogP contribution is -2.50. The number of thiazole rings is 2. The first-order valence-electron chi connectivity index (χ1n) is 23.5. The molecule has 0 spiro atoms. The molecule has 368 valence electrons. The quantitative estimate of drug-likeness (QED) is 0.0926. The third-order valence-electron chi connectivity index (χ3n) is 13.4. The lowest BCUT2D eigenvalue weighted by molar-refractivity contribution is -0.142. The number of β-amino-alcohol motifs (C(OH)–C–C–N with tert-alkyl or cyclic N) is 1. The first kappa shape index (κ1) is 48.4. The molecule has 3 aliphatic heterocycles. The van der Waals surface area contributed by atoms with Crippen molar-refractivity contribution in [2.45, 2.75) is 76.7 Å². The molecule has 18 heteroatoms. The van der Waals surface area contributed by atoms with Crippen LogP contribution in [0.3, 0.4) is 0 Å². The van der Waals surface area contributed by atoms with Crippen LogP contribution in [0.15, 0.2) is 120 Å². The average Bonchev–Trinajstić information content (AvgIpc) is 4.29. The number of hydrogen-bond donors (Lipinski definition) is 3. The van der Waals surface area contributed by atoms with Gasteiger partial charge in [0.05, 0.1) is 51.9 Å².